The van der Waals surface area contributed by atoms with Gasteiger partial charge in [0.1, 0.15) is 6.04 Å². The molecule has 2 aromatic carbocycles. The van der Waals surface area contributed by atoms with E-state index in [1.807, 2.05) is 48.8 Å². The van der Waals surface area contributed by atoms with Crippen LogP contribution in [0.25, 0.3) is 21.8 Å². The van der Waals surface area contributed by atoms with Crippen molar-refractivity contribution < 1.29 is 4.79 Å². The molecule has 1 aliphatic rings. The zero-order valence-corrected chi connectivity index (χ0v) is 15.4. The van der Waals surface area contributed by atoms with Crippen molar-refractivity contribution >= 4 is 43.6 Å². The molecule has 3 heterocycles. The van der Waals surface area contributed by atoms with E-state index in [1.165, 1.54) is 0 Å². The van der Waals surface area contributed by atoms with Crippen LogP contribution < -0.4 is 10.6 Å². The Bertz CT molecular complexity index is 1130. The number of para-hydroxylation sites is 1. The van der Waals surface area contributed by atoms with Gasteiger partial charge in [-0.2, -0.15) is 0 Å². The van der Waals surface area contributed by atoms with Crippen LogP contribution in [0, 0.1) is 0 Å². The van der Waals surface area contributed by atoms with Gasteiger partial charge in [-0.1, -0.05) is 40.2 Å². The number of benzene rings is 2. The van der Waals surface area contributed by atoms with E-state index in [1.54, 1.807) is 0 Å². The van der Waals surface area contributed by atoms with Crippen molar-refractivity contribution in [3.8, 4) is 0 Å². The number of hydrogen-bond acceptors (Lipinski definition) is 2. The van der Waals surface area contributed by atoms with Gasteiger partial charge in [0.15, 0.2) is 0 Å². The number of fused-ring (bicyclic) bond motifs is 2. The summed E-state index contributed by atoms with van der Waals surface area (Å²) in [6, 6.07) is 13.8. The van der Waals surface area contributed by atoms with Gasteiger partial charge in [-0.05, 0) is 18.2 Å². The third-order valence-corrected chi connectivity index (χ3v) is 5.58. The molecule has 2 atom stereocenters. The lowest BCUT2D eigenvalue weighted by molar-refractivity contribution is -0.125. The Morgan fingerprint density at radius 1 is 0.923 bits per heavy atom. The molecular formula is C20H17BrN4O. The lowest BCUT2D eigenvalue weighted by atomic mass is 9.98. The summed E-state index contributed by atoms with van der Waals surface area (Å²) in [6.07, 6.45) is 3.90. The monoisotopic (exact) mass is 408 g/mol. The van der Waals surface area contributed by atoms with E-state index in [-0.39, 0.29) is 18.0 Å². The van der Waals surface area contributed by atoms with Crippen molar-refractivity contribution in [2.45, 2.75) is 12.1 Å². The molecule has 1 fully saturated rings. The Morgan fingerprint density at radius 3 is 2.58 bits per heavy atom. The first kappa shape index (κ1) is 15.7. The zero-order valence-electron chi connectivity index (χ0n) is 13.8. The number of halogens is 1. The molecule has 5 nitrogen and oxygen atoms in total. The number of aromatic nitrogens is 2. The van der Waals surface area contributed by atoms with Gasteiger partial charge in [-0.3, -0.25) is 10.1 Å². The topological polar surface area (TPSA) is 72.7 Å². The average Bonchev–Trinajstić information content (AvgIpc) is 3.25. The Balaban J connectivity index is 1.44. The highest BCUT2D eigenvalue weighted by Gasteiger charge is 2.31. The fourth-order valence-electron chi connectivity index (χ4n) is 3.82. The standard InChI is InChI=1S/C20H17BrN4O/c21-11-5-6-13-15(9-23-17(13)7-11)19-20(26)25-18(10-24-19)14-8-22-16-4-2-1-3-12(14)16/h1-9,18-19,22-24H,10H2,(H,25,26). The number of carbonyl (C=O) groups is 1. The third-order valence-electron chi connectivity index (χ3n) is 5.09. The molecule has 1 amide bonds. The second-order valence-corrected chi connectivity index (χ2v) is 7.54. The maximum Gasteiger partial charge on any atom is 0.242 e. The first-order valence-electron chi connectivity index (χ1n) is 8.57. The quantitative estimate of drug-likeness (QED) is 0.405. The molecule has 6 heteroatoms. The molecule has 0 radical (unpaired) electrons. The van der Waals surface area contributed by atoms with Crippen LogP contribution in [0.15, 0.2) is 59.3 Å². The van der Waals surface area contributed by atoms with Gasteiger partial charge in [-0.15, -0.1) is 0 Å². The van der Waals surface area contributed by atoms with Crippen molar-refractivity contribution in [2.75, 3.05) is 6.54 Å². The normalized spacial score (nSPS) is 20.6. The molecule has 1 aliphatic heterocycles. The van der Waals surface area contributed by atoms with E-state index >= 15 is 0 Å². The Morgan fingerprint density at radius 2 is 1.69 bits per heavy atom. The molecule has 0 saturated carbocycles. The van der Waals surface area contributed by atoms with Gasteiger partial charge in [0.25, 0.3) is 0 Å². The number of nitrogens with one attached hydrogen (secondary N) is 4. The van der Waals surface area contributed by atoms with Crippen LogP contribution in [0.5, 0.6) is 0 Å². The van der Waals surface area contributed by atoms with Gasteiger partial charge in [0.05, 0.1) is 6.04 Å². The fourth-order valence-corrected chi connectivity index (χ4v) is 4.18. The summed E-state index contributed by atoms with van der Waals surface area (Å²) in [4.78, 5) is 19.4. The van der Waals surface area contributed by atoms with Crippen LogP contribution in [-0.2, 0) is 4.79 Å². The van der Waals surface area contributed by atoms with Crippen LogP contribution in [-0.4, -0.2) is 22.4 Å². The number of hydrogen-bond donors (Lipinski definition) is 4. The first-order chi connectivity index (χ1) is 12.7. The van der Waals surface area contributed by atoms with Crippen molar-refractivity contribution in [3.05, 3.63) is 70.5 Å². The minimum atomic E-state index is -0.355. The number of piperazine rings is 1. The molecule has 130 valence electrons. The molecule has 0 aliphatic carbocycles. The summed E-state index contributed by atoms with van der Waals surface area (Å²) < 4.78 is 1.01. The van der Waals surface area contributed by atoms with E-state index < -0.39 is 0 Å². The molecule has 26 heavy (non-hydrogen) atoms. The lowest BCUT2D eigenvalue weighted by Gasteiger charge is -2.30. The molecule has 2 unspecified atom stereocenters. The Hall–Kier alpha value is -2.57. The molecule has 1 saturated heterocycles. The maximum absolute atomic E-state index is 12.8. The molecule has 5 rings (SSSR count). The van der Waals surface area contributed by atoms with E-state index in [9.17, 15) is 4.79 Å². The molecule has 4 N–H and O–H groups in total. The van der Waals surface area contributed by atoms with Crippen molar-refractivity contribution in [2.24, 2.45) is 0 Å². The third kappa shape index (κ3) is 2.45. The number of carbonyl (C=O) groups excluding carboxylic acids is 1. The summed E-state index contributed by atoms with van der Waals surface area (Å²) in [5.74, 6) is -0.00431. The minimum Gasteiger partial charge on any atom is -0.361 e. The average molecular weight is 409 g/mol. The second-order valence-electron chi connectivity index (χ2n) is 6.63. The lowest BCUT2D eigenvalue weighted by Crippen LogP contribution is -2.49. The predicted octanol–water partition coefficient (Wildman–Crippen LogP) is 3.91. The van der Waals surface area contributed by atoms with Gasteiger partial charge < -0.3 is 15.3 Å². The van der Waals surface area contributed by atoms with Crippen LogP contribution in [0.4, 0.5) is 0 Å². The smallest absolute Gasteiger partial charge is 0.242 e. The summed E-state index contributed by atoms with van der Waals surface area (Å²) in [5.41, 5.74) is 4.19. The largest absolute Gasteiger partial charge is 0.361 e. The molecule has 0 bridgehead atoms. The summed E-state index contributed by atoms with van der Waals surface area (Å²) in [5, 5.41) is 8.81. The second kappa shape index (κ2) is 6.00. The summed E-state index contributed by atoms with van der Waals surface area (Å²) in [7, 11) is 0. The van der Waals surface area contributed by atoms with E-state index in [0.29, 0.717) is 6.54 Å². The summed E-state index contributed by atoms with van der Waals surface area (Å²) in [6.45, 7) is 0.682. The highest BCUT2D eigenvalue weighted by atomic mass is 79.9. The van der Waals surface area contributed by atoms with Crippen LogP contribution in [0.3, 0.4) is 0 Å². The molecule has 0 spiro atoms. The highest BCUT2D eigenvalue weighted by molar-refractivity contribution is 9.10. The van der Waals surface area contributed by atoms with Crippen molar-refractivity contribution in [1.82, 2.24) is 20.6 Å². The van der Waals surface area contributed by atoms with Crippen molar-refractivity contribution in [3.63, 3.8) is 0 Å². The predicted molar refractivity (Wildman–Crippen MR) is 106 cm³/mol. The van der Waals surface area contributed by atoms with Gasteiger partial charge in [0.2, 0.25) is 5.91 Å². The molecular weight excluding hydrogens is 392 g/mol. The number of aromatic amines is 2. The van der Waals surface area contributed by atoms with Gasteiger partial charge in [0, 0.05) is 56.3 Å². The van der Waals surface area contributed by atoms with Gasteiger partial charge in [-0.25, -0.2) is 0 Å². The minimum absolute atomic E-state index is 0.00431. The highest BCUT2D eigenvalue weighted by Crippen LogP contribution is 2.31. The van der Waals surface area contributed by atoms with Crippen molar-refractivity contribution in [1.29, 1.82) is 0 Å². The zero-order chi connectivity index (χ0) is 17.7. The SMILES string of the molecule is O=C1NC(c2c[nH]c3ccccc23)CNC1c1c[nH]c2cc(Br)ccc12. The summed E-state index contributed by atoms with van der Waals surface area (Å²) >= 11 is 3.48. The Kier molecular flexibility index (Phi) is 3.62. The van der Waals surface area contributed by atoms with Crippen LogP contribution in [0.2, 0.25) is 0 Å². The number of rotatable bonds is 2. The van der Waals surface area contributed by atoms with Crippen LogP contribution in [0.1, 0.15) is 23.2 Å². The molecule has 4 aromatic rings. The van der Waals surface area contributed by atoms with Crippen LogP contribution >= 0.6 is 15.9 Å². The first-order valence-corrected chi connectivity index (χ1v) is 9.36. The van der Waals surface area contributed by atoms with Gasteiger partial charge >= 0.3 is 0 Å². The number of H-pyrrole nitrogens is 2. The fraction of sp³-hybridized carbons (Fsp3) is 0.150. The number of amides is 1. The Labute approximate surface area is 158 Å². The van der Waals surface area contributed by atoms with E-state index in [2.05, 4.69) is 42.6 Å². The maximum atomic E-state index is 12.8. The van der Waals surface area contributed by atoms with E-state index in [0.717, 1.165) is 37.4 Å². The molecule has 2 aromatic heterocycles. The van der Waals surface area contributed by atoms with E-state index in [4.69, 9.17) is 0 Å².